The molecule has 33 heavy (non-hydrogen) atoms. The van der Waals surface area contributed by atoms with Crippen molar-refractivity contribution < 1.29 is 9.59 Å². The minimum Gasteiger partial charge on any atom is -0.341 e. The van der Waals surface area contributed by atoms with Crippen LogP contribution >= 0.6 is 11.8 Å². The molecule has 1 atom stereocenters. The Morgan fingerprint density at radius 1 is 1.00 bits per heavy atom. The summed E-state index contributed by atoms with van der Waals surface area (Å²) in [6, 6.07) is 19.4. The summed E-state index contributed by atoms with van der Waals surface area (Å²) in [5, 5.41) is 5.84. The number of hydrogen-bond donors (Lipinski definition) is 2. The summed E-state index contributed by atoms with van der Waals surface area (Å²) in [5.74, 6) is 0.160. The second-order valence-corrected chi connectivity index (χ2v) is 9.16. The third-order valence-corrected chi connectivity index (χ3v) is 7.07. The van der Waals surface area contributed by atoms with Gasteiger partial charge in [0, 0.05) is 37.6 Å². The van der Waals surface area contributed by atoms with Crippen LogP contribution in [0.15, 0.2) is 71.9 Å². The molecular weight excluding hydrogens is 432 g/mol. The molecule has 1 unspecified atom stereocenters. The van der Waals surface area contributed by atoms with Gasteiger partial charge in [-0.05, 0) is 54.7 Å². The Balaban J connectivity index is 1.54. The SMILES string of the molecule is CNC(=O)Nc1ccc(-c2cnc(SC(C(=O)N3CCCC3)c3ccccc3)c(C)c2)cc1. The number of urea groups is 1. The molecule has 1 fully saturated rings. The highest BCUT2D eigenvalue weighted by molar-refractivity contribution is 8.00. The Bertz CT molecular complexity index is 1110. The number of nitrogens with one attached hydrogen (secondary N) is 2. The molecule has 1 aliphatic rings. The van der Waals surface area contributed by atoms with E-state index in [1.807, 2.05) is 72.6 Å². The molecule has 2 N–H and O–H groups in total. The van der Waals surface area contributed by atoms with Gasteiger partial charge in [-0.2, -0.15) is 0 Å². The first-order valence-electron chi connectivity index (χ1n) is 11.1. The number of benzene rings is 2. The van der Waals surface area contributed by atoms with Gasteiger partial charge in [-0.3, -0.25) is 4.79 Å². The number of pyridine rings is 1. The standard InChI is InChI=1S/C26H28N4O2S/c1-18-16-21(19-10-12-22(13-11-19)29-26(32)27-2)17-28-24(18)33-23(20-8-4-3-5-9-20)25(31)30-14-6-7-15-30/h3-5,8-13,16-17,23H,6-7,14-15H2,1-2H3,(H2,27,29,32). The maximum absolute atomic E-state index is 13.3. The molecule has 2 aromatic carbocycles. The van der Waals surface area contributed by atoms with Crippen LogP contribution in [0.1, 0.15) is 29.2 Å². The molecule has 170 valence electrons. The summed E-state index contributed by atoms with van der Waals surface area (Å²) >= 11 is 1.52. The summed E-state index contributed by atoms with van der Waals surface area (Å²) in [6.07, 6.45) is 3.99. The number of thioether (sulfide) groups is 1. The first kappa shape index (κ1) is 22.9. The molecule has 1 aromatic heterocycles. The van der Waals surface area contributed by atoms with E-state index in [4.69, 9.17) is 4.98 Å². The molecule has 6 nitrogen and oxygen atoms in total. The number of aromatic nitrogens is 1. The number of likely N-dealkylation sites (tertiary alicyclic amines) is 1. The highest BCUT2D eigenvalue weighted by Crippen LogP contribution is 2.38. The average Bonchev–Trinajstić information content (AvgIpc) is 3.39. The van der Waals surface area contributed by atoms with Crippen LogP contribution in [0.25, 0.3) is 11.1 Å². The van der Waals surface area contributed by atoms with E-state index >= 15 is 0 Å². The van der Waals surface area contributed by atoms with Crippen LogP contribution in [0, 0.1) is 6.92 Å². The lowest BCUT2D eigenvalue weighted by atomic mass is 10.1. The molecule has 2 heterocycles. The predicted octanol–water partition coefficient (Wildman–Crippen LogP) is 5.26. The fraction of sp³-hybridized carbons (Fsp3) is 0.269. The summed E-state index contributed by atoms with van der Waals surface area (Å²) < 4.78 is 0. The fourth-order valence-electron chi connectivity index (χ4n) is 3.89. The lowest BCUT2D eigenvalue weighted by Gasteiger charge is -2.23. The van der Waals surface area contributed by atoms with Crippen LogP contribution in [0.5, 0.6) is 0 Å². The highest BCUT2D eigenvalue weighted by Gasteiger charge is 2.29. The Hall–Kier alpha value is -3.32. The zero-order chi connectivity index (χ0) is 23.2. The third-order valence-electron chi connectivity index (χ3n) is 5.71. The van der Waals surface area contributed by atoms with Crippen molar-refractivity contribution >= 4 is 29.4 Å². The Labute approximate surface area is 198 Å². The average molecular weight is 461 g/mol. The van der Waals surface area contributed by atoms with E-state index < -0.39 is 0 Å². The summed E-state index contributed by atoms with van der Waals surface area (Å²) in [5.41, 5.74) is 4.76. The van der Waals surface area contributed by atoms with Crippen LogP contribution in [0.4, 0.5) is 10.5 Å². The maximum Gasteiger partial charge on any atom is 0.318 e. The van der Waals surface area contributed by atoms with E-state index in [9.17, 15) is 9.59 Å². The van der Waals surface area contributed by atoms with Crippen molar-refractivity contribution in [1.29, 1.82) is 0 Å². The predicted molar refractivity (Wildman–Crippen MR) is 133 cm³/mol. The smallest absolute Gasteiger partial charge is 0.318 e. The molecule has 3 aromatic rings. The lowest BCUT2D eigenvalue weighted by Crippen LogP contribution is -2.31. The number of aryl methyl sites for hydroxylation is 1. The molecular formula is C26H28N4O2S. The Kier molecular flexibility index (Phi) is 7.29. The summed E-state index contributed by atoms with van der Waals surface area (Å²) in [7, 11) is 1.58. The van der Waals surface area contributed by atoms with Gasteiger partial charge in [0.25, 0.3) is 0 Å². The van der Waals surface area contributed by atoms with Gasteiger partial charge in [-0.25, -0.2) is 9.78 Å². The first-order valence-corrected chi connectivity index (χ1v) is 12.0. The van der Waals surface area contributed by atoms with E-state index in [2.05, 4.69) is 16.7 Å². The van der Waals surface area contributed by atoms with Gasteiger partial charge in [0.2, 0.25) is 5.91 Å². The lowest BCUT2D eigenvalue weighted by molar-refractivity contribution is -0.129. The van der Waals surface area contributed by atoms with Crippen LogP contribution in [0.2, 0.25) is 0 Å². The zero-order valence-corrected chi connectivity index (χ0v) is 19.7. The monoisotopic (exact) mass is 460 g/mol. The van der Waals surface area contributed by atoms with E-state index in [1.165, 1.54) is 11.8 Å². The molecule has 3 amide bonds. The highest BCUT2D eigenvalue weighted by atomic mass is 32.2. The second-order valence-electron chi connectivity index (χ2n) is 8.07. The molecule has 0 aliphatic carbocycles. The number of carbonyl (C=O) groups excluding carboxylic acids is 2. The van der Waals surface area contributed by atoms with Gasteiger partial charge in [0.15, 0.2) is 0 Å². The number of hydrogen-bond acceptors (Lipinski definition) is 4. The van der Waals surface area contributed by atoms with Crippen molar-refractivity contribution in [2.45, 2.75) is 30.0 Å². The number of rotatable bonds is 6. The largest absolute Gasteiger partial charge is 0.341 e. The van der Waals surface area contributed by atoms with E-state index in [1.54, 1.807) is 7.05 Å². The van der Waals surface area contributed by atoms with Gasteiger partial charge in [0.1, 0.15) is 5.25 Å². The number of carbonyl (C=O) groups is 2. The van der Waals surface area contributed by atoms with Gasteiger partial charge < -0.3 is 15.5 Å². The normalized spacial score (nSPS) is 14.1. The Morgan fingerprint density at radius 2 is 1.70 bits per heavy atom. The fourth-order valence-corrected chi connectivity index (χ4v) is 5.01. The van der Waals surface area contributed by atoms with E-state index in [0.717, 1.165) is 58.9 Å². The minimum atomic E-state index is -0.309. The topological polar surface area (TPSA) is 74.3 Å². The number of anilines is 1. The molecule has 0 bridgehead atoms. The van der Waals surface area contributed by atoms with Crippen molar-refractivity contribution in [1.82, 2.24) is 15.2 Å². The van der Waals surface area contributed by atoms with Crippen molar-refractivity contribution in [3.8, 4) is 11.1 Å². The molecule has 1 aliphatic heterocycles. The quantitative estimate of drug-likeness (QED) is 0.492. The molecule has 0 saturated carbocycles. The van der Waals surface area contributed by atoms with Gasteiger partial charge in [-0.1, -0.05) is 54.2 Å². The Morgan fingerprint density at radius 3 is 2.33 bits per heavy atom. The zero-order valence-electron chi connectivity index (χ0n) is 18.9. The summed E-state index contributed by atoms with van der Waals surface area (Å²) in [6.45, 7) is 3.69. The van der Waals surface area contributed by atoms with Crippen LogP contribution in [0.3, 0.4) is 0 Å². The van der Waals surface area contributed by atoms with Gasteiger partial charge in [-0.15, -0.1) is 0 Å². The van der Waals surface area contributed by atoms with Crippen molar-refractivity contribution in [3.05, 3.63) is 78.0 Å². The van der Waals surface area contributed by atoms with Crippen LogP contribution in [-0.4, -0.2) is 42.0 Å². The molecule has 0 spiro atoms. The third kappa shape index (κ3) is 5.54. The van der Waals surface area contributed by atoms with Crippen molar-refractivity contribution in [2.75, 3.05) is 25.5 Å². The number of amides is 3. The summed E-state index contributed by atoms with van der Waals surface area (Å²) in [4.78, 5) is 31.5. The van der Waals surface area contributed by atoms with E-state index in [0.29, 0.717) is 0 Å². The maximum atomic E-state index is 13.3. The molecule has 4 rings (SSSR count). The molecule has 7 heteroatoms. The molecule has 0 radical (unpaired) electrons. The van der Waals surface area contributed by atoms with Crippen LogP contribution < -0.4 is 10.6 Å². The number of nitrogens with zero attached hydrogens (tertiary/aromatic N) is 2. The second kappa shape index (κ2) is 10.5. The van der Waals surface area contributed by atoms with Crippen molar-refractivity contribution in [2.24, 2.45) is 0 Å². The van der Waals surface area contributed by atoms with E-state index in [-0.39, 0.29) is 17.2 Å². The minimum absolute atomic E-state index is 0.160. The molecule has 1 saturated heterocycles. The van der Waals surface area contributed by atoms with Crippen LogP contribution in [-0.2, 0) is 4.79 Å². The first-order chi connectivity index (χ1) is 16.0. The van der Waals surface area contributed by atoms with Gasteiger partial charge in [0.05, 0.1) is 5.03 Å². The van der Waals surface area contributed by atoms with Gasteiger partial charge >= 0.3 is 6.03 Å². The van der Waals surface area contributed by atoms with Crippen molar-refractivity contribution in [3.63, 3.8) is 0 Å².